The third-order valence-corrected chi connectivity index (χ3v) is 7.47. The van der Waals surface area contributed by atoms with Gasteiger partial charge in [-0.15, -0.1) is 0 Å². The second-order valence-electron chi connectivity index (χ2n) is 5.92. The normalized spacial score (nSPS) is 27.5. The Morgan fingerprint density at radius 2 is 2.00 bits per heavy atom. The van der Waals surface area contributed by atoms with Crippen molar-refractivity contribution in [3.63, 3.8) is 0 Å². The van der Waals surface area contributed by atoms with Crippen LogP contribution < -0.4 is 5.73 Å². The van der Waals surface area contributed by atoms with Crippen molar-refractivity contribution < 1.29 is 12.8 Å². The molecule has 1 aromatic rings. The number of fused-ring (bicyclic) bond motifs is 1. The summed E-state index contributed by atoms with van der Waals surface area (Å²) in [5, 5.41) is 0. The number of furan rings is 1. The second-order valence-corrected chi connectivity index (χ2v) is 8.50. The molecule has 0 radical (unpaired) electrons. The van der Waals surface area contributed by atoms with E-state index in [0.717, 1.165) is 32.1 Å². The molecule has 7 heteroatoms. The lowest BCUT2D eigenvalue weighted by Gasteiger charge is -2.42. The van der Waals surface area contributed by atoms with Crippen LogP contribution in [0.15, 0.2) is 20.0 Å². The van der Waals surface area contributed by atoms with E-state index in [1.807, 2.05) is 0 Å². The Morgan fingerprint density at radius 1 is 1.29 bits per heavy atom. The summed E-state index contributed by atoms with van der Waals surface area (Å²) < 4.78 is 33.3. The molecule has 0 amide bonds. The minimum atomic E-state index is -3.52. The van der Waals surface area contributed by atoms with Crippen molar-refractivity contribution in [3.05, 3.63) is 16.5 Å². The largest absolute Gasteiger partial charge is 0.452 e. The fraction of sp³-hybridized carbons (Fsp3) is 0.714. The highest BCUT2D eigenvalue weighted by Crippen LogP contribution is 2.39. The maximum atomic E-state index is 13.0. The van der Waals surface area contributed by atoms with Crippen LogP contribution in [0.5, 0.6) is 0 Å². The van der Waals surface area contributed by atoms with Crippen molar-refractivity contribution in [3.8, 4) is 0 Å². The van der Waals surface area contributed by atoms with Crippen LogP contribution in [0.4, 0.5) is 0 Å². The van der Waals surface area contributed by atoms with Crippen molar-refractivity contribution in [1.29, 1.82) is 0 Å². The van der Waals surface area contributed by atoms with Crippen LogP contribution in [0, 0.1) is 5.92 Å². The quantitative estimate of drug-likeness (QED) is 0.879. The molecule has 21 heavy (non-hydrogen) atoms. The first-order valence-corrected chi connectivity index (χ1v) is 9.77. The molecule has 1 aliphatic heterocycles. The van der Waals surface area contributed by atoms with E-state index in [4.69, 9.17) is 10.2 Å². The molecule has 1 saturated carbocycles. The average Bonchev–Trinajstić information content (AvgIpc) is 2.88. The number of nitrogens with two attached hydrogens (primary N) is 1. The monoisotopic (exact) mass is 376 g/mol. The average molecular weight is 377 g/mol. The summed E-state index contributed by atoms with van der Waals surface area (Å²) in [4.78, 5) is 0.217. The fourth-order valence-corrected chi connectivity index (χ4v) is 6.40. The SMILES string of the molecule is NCc1cc(S(=O)(=O)N2CCC[C@H]3CCCC[C@H]32)c(Br)o1. The topological polar surface area (TPSA) is 76.5 Å². The Bertz CT molecular complexity index is 612. The highest BCUT2D eigenvalue weighted by atomic mass is 79.9. The van der Waals surface area contributed by atoms with Gasteiger partial charge in [0.1, 0.15) is 10.7 Å². The summed E-state index contributed by atoms with van der Waals surface area (Å²) in [5.74, 6) is 1.000. The van der Waals surface area contributed by atoms with Gasteiger partial charge in [-0.3, -0.25) is 0 Å². The Morgan fingerprint density at radius 3 is 2.71 bits per heavy atom. The van der Waals surface area contributed by atoms with Crippen LogP contribution >= 0.6 is 15.9 Å². The van der Waals surface area contributed by atoms with E-state index in [9.17, 15) is 8.42 Å². The van der Waals surface area contributed by atoms with Gasteiger partial charge in [0.25, 0.3) is 0 Å². The van der Waals surface area contributed by atoms with Gasteiger partial charge in [0.05, 0.1) is 6.54 Å². The van der Waals surface area contributed by atoms with Crippen molar-refractivity contribution in [2.45, 2.75) is 56.0 Å². The Hall–Kier alpha value is -0.370. The van der Waals surface area contributed by atoms with Crippen molar-refractivity contribution in [2.24, 2.45) is 11.7 Å². The molecule has 2 N–H and O–H groups in total. The molecule has 2 fully saturated rings. The first-order chi connectivity index (χ1) is 10.0. The Kier molecular flexibility index (Phi) is 4.45. The number of hydrogen-bond donors (Lipinski definition) is 1. The molecule has 5 nitrogen and oxygen atoms in total. The van der Waals surface area contributed by atoms with Crippen LogP contribution in [-0.2, 0) is 16.6 Å². The fourth-order valence-electron chi connectivity index (χ4n) is 3.68. The summed E-state index contributed by atoms with van der Waals surface area (Å²) >= 11 is 3.22. The zero-order valence-electron chi connectivity index (χ0n) is 11.9. The number of nitrogens with zero attached hydrogens (tertiary/aromatic N) is 1. The summed E-state index contributed by atoms with van der Waals surface area (Å²) in [6, 6.07) is 1.70. The molecule has 2 atom stereocenters. The first kappa shape index (κ1) is 15.5. The van der Waals surface area contributed by atoms with Gasteiger partial charge in [-0.1, -0.05) is 12.8 Å². The van der Waals surface area contributed by atoms with Gasteiger partial charge in [-0.05, 0) is 47.5 Å². The molecule has 0 aromatic carbocycles. The van der Waals surface area contributed by atoms with Gasteiger partial charge in [0.15, 0.2) is 4.67 Å². The molecule has 118 valence electrons. The lowest BCUT2D eigenvalue weighted by molar-refractivity contribution is 0.129. The maximum absolute atomic E-state index is 13.0. The number of rotatable bonds is 3. The third kappa shape index (κ3) is 2.81. The Labute approximate surface area is 134 Å². The molecular weight excluding hydrogens is 356 g/mol. The zero-order chi connectivity index (χ0) is 15.0. The summed E-state index contributed by atoms with van der Waals surface area (Å²) in [6.07, 6.45) is 6.56. The molecule has 1 saturated heterocycles. The minimum Gasteiger partial charge on any atom is -0.452 e. The van der Waals surface area contributed by atoms with Gasteiger partial charge in [0, 0.05) is 18.7 Å². The molecule has 3 rings (SSSR count). The maximum Gasteiger partial charge on any atom is 0.247 e. The van der Waals surface area contributed by atoms with Crippen molar-refractivity contribution in [1.82, 2.24) is 4.31 Å². The van der Waals surface area contributed by atoms with E-state index in [1.54, 1.807) is 10.4 Å². The van der Waals surface area contributed by atoms with Crippen LogP contribution in [0.2, 0.25) is 0 Å². The zero-order valence-corrected chi connectivity index (χ0v) is 14.3. The standard InChI is InChI=1S/C14H21BrN2O3S/c15-14-13(8-11(9-16)20-14)21(18,19)17-7-3-5-10-4-1-2-6-12(10)17/h8,10,12H,1-7,9,16H2/t10-,12-/m1/s1. The van der Waals surface area contributed by atoms with E-state index in [1.165, 1.54) is 6.42 Å². The number of hydrogen-bond acceptors (Lipinski definition) is 4. The molecule has 0 spiro atoms. The van der Waals surface area contributed by atoms with Crippen LogP contribution in [0.3, 0.4) is 0 Å². The molecule has 2 aliphatic rings. The molecule has 0 unspecified atom stereocenters. The summed E-state index contributed by atoms with van der Waals surface area (Å²) in [7, 11) is -3.52. The van der Waals surface area contributed by atoms with E-state index in [2.05, 4.69) is 15.9 Å². The van der Waals surface area contributed by atoms with Gasteiger partial charge in [-0.2, -0.15) is 4.31 Å². The van der Waals surface area contributed by atoms with Gasteiger partial charge < -0.3 is 10.2 Å². The highest BCUT2D eigenvalue weighted by Gasteiger charge is 2.41. The van der Waals surface area contributed by atoms with Crippen LogP contribution in [0.25, 0.3) is 0 Å². The number of halogens is 1. The minimum absolute atomic E-state index is 0.153. The molecule has 1 aliphatic carbocycles. The van der Waals surface area contributed by atoms with Crippen LogP contribution in [-0.4, -0.2) is 25.3 Å². The van der Waals surface area contributed by atoms with Crippen molar-refractivity contribution in [2.75, 3.05) is 6.54 Å². The summed E-state index contributed by atoms with van der Waals surface area (Å²) in [6.45, 7) is 0.805. The third-order valence-electron chi connectivity index (χ3n) is 4.69. The smallest absolute Gasteiger partial charge is 0.247 e. The lowest BCUT2D eigenvalue weighted by Crippen LogP contribution is -2.49. The molecule has 2 heterocycles. The highest BCUT2D eigenvalue weighted by molar-refractivity contribution is 9.10. The number of piperidine rings is 1. The van der Waals surface area contributed by atoms with E-state index in [-0.39, 0.29) is 22.2 Å². The number of sulfonamides is 1. The lowest BCUT2D eigenvalue weighted by atomic mass is 9.79. The molecule has 0 bridgehead atoms. The van der Waals surface area contributed by atoms with Crippen LogP contribution in [0.1, 0.15) is 44.3 Å². The van der Waals surface area contributed by atoms with E-state index >= 15 is 0 Å². The van der Waals surface area contributed by atoms with E-state index in [0.29, 0.717) is 18.2 Å². The predicted molar refractivity (Wildman–Crippen MR) is 83.2 cm³/mol. The summed E-state index contributed by atoms with van der Waals surface area (Å²) in [5.41, 5.74) is 5.54. The van der Waals surface area contributed by atoms with Gasteiger partial charge in [0.2, 0.25) is 10.0 Å². The van der Waals surface area contributed by atoms with Gasteiger partial charge in [-0.25, -0.2) is 8.42 Å². The molecule has 1 aromatic heterocycles. The Balaban J connectivity index is 1.94. The predicted octanol–water partition coefficient (Wildman–Crippen LogP) is 2.84. The van der Waals surface area contributed by atoms with Gasteiger partial charge >= 0.3 is 0 Å². The molecular formula is C14H21BrN2O3S. The van der Waals surface area contributed by atoms with E-state index < -0.39 is 10.0 Å². The second kappa shape index (κ2) is 6.02. The first-order valence-electron chi connectivity index (χ1n) is 7.54. The van der Waals surface area contributed by atoms with Crippen molar-refractivity contribution >= 4 is 26.0 Å².